The van der Waals surface area contributed by atoms with Gasteiger partial charge in [-0.05, 0) is 24.6 Å². The molecule has 1 fully saturated rings. The highest BCUT2D eigenvalue weighted by atomic mass is 32.2. The zero-order valence-electron chi connectivity index (χ0n) is 15.6. The van der Waals surface area contributed by atoms with E-state index in [1.54, 1.807) is 0 Å². The van der Waals surface area contributed by atoms with E-state index in [1.165, 1.54) is 7.11 Å². The van der Waals surface area contributed by atoms with Crippen LogP contribution >= 0.6 is 11.8 Å². The van der Waals surface area contributed by atoms with Gasteiger partial charge in [0.05, 0.1) is 25.3 Å². The maximum Gasteiger partial charge on any atom is 0.338 e. The summed E-state index contributed by atoms with van der Waals surface area (Å²) in [5, 5.41) is 5.66. The number of nitrogens with zero attached hydrogens (tertiary/aromatic N) is 1. The Labute approximate surface area is 163 Å². The monoisotopic (exact) mass is 391 g/mol. The third-order valence-electron chi connectivity index (χ3n) is 4.57. The van der Waals surface area contributed by atoms with Crippen molar-refractivity contribution in [1.82, 2.24) is 15.5 Å². The van der Waals surface area contributed by atoms with E-state index in [4.69, 9.17) is 9.47 Å². The number of amides is 2. The highest BCUT2D eigenvalue weighted by Crippen LogP contribution is 2.29. The summed E-state index contributed by atoms with van der Waals surface area (Å²) >= 11 is 1.91. The molecule has 2 aliphatic rings. The van der Waals surface area contributed by atoms with E-state index in [2.05, 4.69) is 15.5 Å². The summed E-state index contributed by atoms with van der Waals surface area (Å²) in [6, 6.07) is 6.52. The molecule has 1 unspecified atom stereocenters. The Balaban J connectivity index is 1.92. The van der Waals surface area contributed by atoms with Gasteiger partial charge in [-0.3, -0.25) is 4.90 Å². The highest BCUT2D eigenvalue weighted by Gasteiger charge is 2.34. The Bertz CT molecular complexity index is 714. The van der Waals surface area contributed by atoms with E-state index in [9.17, 15) is 9.59 Å². The van der Waals surface area contributed by atoms with Crippen LogP contribution in [0.3, 0.4) is 0 Å². The smallest absolute Gasteiger partial charge is 0.338 e. The summed E-state index contributed by atoms with van der Waals surface area (Å²) < 4.78 is 10.5. The Morgan fingerprint density at radius 2 is 1.96 bits per heavy atom. The van der Waals surface area contributed by atoms with Gasteiger partial charge in [-0.15, -0.1) is 0 Å². The maximum atomic E-state index is 12.6. The normalized spacial score (nSPS) is 20.7. The van der Waals surface area contributed by atoms with Crippen LogP contribution in [0.1, 0.15) is 18.5 Å². The van der Waals surface area contributed by atoms with Crippen molar-refractivity contribution >= 4 is 23.8 Å². The lowest BCUT2D eigenvalue weighted by Crippen LogP contribution is -2.49. The minimum atomic E-state index is -0.559. The van der Waals surface area contributed by atoms with E-state index in [0.29, 0.717) is 24.4 Å². The van der Waals surface area contributed by atoms with Gasteiger partial charge in [-0.25, -0.2) is 9.59 Å². The summed E-state index contributed by atoms with van der Waals surface area (Å²) in [6.45, 7) is 4.88. The SMILES string of the molecule is CCOc1ccc(C2NC(=O)NC(CN3CCSCC3)=C2C(=O)OC)cc1. The van der Waals surface area contributed by atoms with Gasteiger partial charge in [-0.1, -0.05) is 12.1 Å². The summed E-state index contributed by atoms with van der Waals surface area (Å²) in [5.41, 5.74) is 1.86. The molecule has 3 rings (SSSR count). The molecule has 7 nitrogen and oxygen atoms in total. The van der Waals surface area contributed by atoms with E-state index in [1.807, 2.05) is 43.0 Å². The maximum absolute atomic E-state index is 12.6. The average Bonchev–Trinajstić information content (AvgIpc) is 2.69. The van der Waals surface area contributed by atoms with Gasteiger partial charge in [-0.2, -0.15) is 11.8 Å². The molecule has 8 heteroatoms. The Morgan fingerprint density at radius 1 is 1.26 bits per heavy atom. The molecule has 2 heterocycles. The lowest BCUT2D eigenvalue weighted by molar-refractivity contribution is -0.136. The molecule has 2 N–H and O–H groups in total. The second kappa shape index (κ2) is 9.14. The van der Waals surface area contributed by atoms with Gasteiger partial charge < -0.3 is 20.1 Å². The Hall–Kier alpha value is -2.19. The van der Waals surface area contributed by atoms with Crippen LogP contribution in [-0.2, 0) is 9.53 Å². The van der Waals surface area contributed by atoms with Crippen molar-refractivity contribution in [3.8, 4) is 5.75 Å². The van der Waals surface area contributed by atoms with Crippen molar-refractivity contribution in [3.05, 3.63) is 41.1 Å². The zero-order chi connectivity index (χ0) is 19.2. The topological polar surface area (TPSA) is 79.9 Å². The number of methoxy groups -OCH3 is 1. The number of ether oxygens (including phenoxy) is 2. The molecule has 0 radical (unpaired) electrons. The van der Waals surface area contributed by atoms with Crippen LogP contribution in [0.25, 0.3) is 0 Å². The molecule has 146 valence electrons. The van der Waals surface area contributed by atoms with E-state index >= 15 is 0 Å². The molecule has 1 aromatic rings. The molecular weight excluding hydrogens is 366 g/mol. The number of hydrogen-bond acceptors (Lipinski definition) is 6. The molecule has 1 saturated heterocycles. The average molecular weight is 391 g/mol. The number of nitrogens with one attached hydrogen (secondary N) is 2. The second-order valence-corrected chi connectivity index (χ2v) is 7.53. The van der Waals surface area contributed by atoms with Gasteiger partial charge in [0.2, 0.25) is 0 Å². The number of hydrogen-bond donors (Lipinski definition) is 2. The number of carbonyl (C=O) groups excluding carboxylic acids is 2. The van der Waals surface area contributed by atoms with Crippen molar-refractivity contribution in [2.45, 2.75) is 13.0 Å². The standard InChI is InChI=1S/C19H25N3O4S/c1-3-26-14-6-4-13(5-7-14)17-16(18(23)25-2)15(20-19(24)21-17)12-22-8-10-27-11-9-22/h4-7,17H,3,8-12H2,1-2H3,(H2,20,21,24). The molecule has 0 aromatic heterocycles. The number of thioether (sulfide) groups is 1. The third kappa shape index (κ3) is 4.75. The summed E-state index contributed by atoms with van der Waals surface area (Å²) in [4.78, 5) is 27.1. The quantitative estimate of drug-likeness (QED) is 0.722. The molecule has 1 aromatic carbocycles. The van der Waals surface area contributed by atoms with Crippen LogP contribution in [0, 0.1) is 0 Å². The minimum absolute atomic E-state index is 0.317. The first-order chi connectivity index (χ1) is 13.1. The largest absolute Gasteiger partial charge is 0.494 e. The minimum Gasteiger partial charge on any atom is -0.494 e. The van der Waals surface area contributed by atoms with Crippen molar-refractivity contribution in [2.75, 3.05) is 44.9 Å². The van der Waals surface area contributed by atoms with Crippen LogP contribution in [-0.4, -0.2) is 61.8 Å². The van der Waals surface area contributed by atoms with E-state index < -0.39 is 12.0 Å². The van der Waals surface area contributed by atoms with Crippen molar-refractivity contribution in [3.63, 3.8) is 0 Å². The molecule has 0 bridgehead atoms. The lowest BCUT2D eigenvalue weighted by Gasteiger charge is -2.33. The van der Waals surface area contributed by atoms with Crippen molar-refractivity contribution in [1.29, 1.82) is 0 Å². The number of carbonyl (C=O) groups is 2. The summed E-state index contributed by atoms with van der Waals surface area (Å²) in [5.74, 6) is 2.41. The van der Waals surface area contributed by atoms with Crippen LogP contribution in [0.2, 0.25) is 0 Å². The van der Waals surface area contributed by atoms with Crippen LogP contribution in [0.4, 0.5) is 4.79 Å². The summed E-state index contributed by atoms with van der Waals surface area (Å²) in [7, 11) is 1.36. The molecular formula is C19H25N3O4S. The zero-order valence-corrected chi connectivity index (χ0v) is 16.4. The first kappa shape index (κ1) is 19.6. The van der Waals surface area contributed by atoms with Gasteiger partial charge in [0.25, 0.3) is 0 Å². The van der Waals surface area contributed by atoms with Gasteiger partial charge in [0.1, 0.15) is 5.75 Å². The summed E-state index contributed by atoms with van der Waals surface area (Å²) in [6.07, 6.45) is 0. The van der Waals surface area contributed by atoms with Gasteiger partial charge >= 0.3 is 12.0 Å². The van der Waals surface area contributed by atoms with E-state index in [0.717, 1.165) is 35.9 Å². The fourth-order valence-electron chi connectivity index (χ4n) is 3.25. The van der Waals surface area contributed by atoms with Crippen LogP contribution < -0.4 is 15.4 Å². The first-order valence-corrected chi connectivity index (χ1v) is 10.2. The van der Waals surface area contributed by atoms with Crippen molar-refractivity contribution in [2.24, 2.45) is 0 Å². The van der Waals surface area contributed by atoms with Gasteiger partial charge in [0.15, 0.2) is 0 Å². The number of rotatable bonds is 6. The predicted octanol–water partition coefficient (Wildman–Crippen LogP) is 1.92. The number of esters is 1. The van der Waals surface area contributed by atoms with Crippen LogP contribution in [0.5, 0.6) is 5.75 Å². The third-order valence-corrected chi connectivity index (χ3v) is 5.51. The molecule has 2 amide bonds. The Kier molecular flexibility index (Phi) is 6.63. The van der Waals surface area contributed by atoms with E-state index in [-0.39, 0.29) is 6.03 Å². The van der Waals surface area contributed by atoms with Gasteiger partial charge in [0, 0.05) is 36.8 Å². The lowest BCUT2D eigenvalue weighted by atomic mass is 9.95. The molecule has 2 aliphatic heterocycles. The predicted molar refractivity (Wildman–Crippen MR) is 105 cm³/mol. The molecule has 0 aliphatic carbocycles. The molecule has 0 saturated carbocycles. The molecule has 1 atom stereocenters. The van der Waals surface area contributed by atoms with Crippen LogP contribution in [0.15, 0.2) is 35.5 Å². The first-order valence-electron chi connectivity index (χ1n) is 9.04. The number of urea groups is 1. The second-order valence-electron chi connectivity index (χ2n) is 6.31. The molecule has 27 heavy (non-hydrogen) atoms. The fraction of sp³-hybridized carbons (Fsp3) is 0.474. The number of benzene rings is 1. The molecule has 0 spiro atoms. The Morgan fingerprint density at radius 3 is 2.59 bits per heavy atom. The van der Waals surface area contributed by atoms with Crippen molar-refractivity contribution < 1.29 is 19.1 Å². The highest BCUT2D eigenvalue weighted by molar-refractivity contribution is 7.99. The fourth-order valence-corrected chi connectivity index (χ4v) is 4.23.